The second-order valence-corrected chi connectivity index (χ2v) is 6.65. The Hall–Kier alpha value is -1.47. The molecule has 1 saturated heterocycles. The second-order valence-electron chi connectivity index (χ2n) is 5.74. The zero-order chi connectivity index (χ0) is 17.0. The standard InChI is InChI=1S/C16H23BrN4O2/c1-4-21-7-5-6-13(21)10-19-16(23)14-8-12(17)9-18-15(14)20(3)11(2)22/h8-9,13H,4-7,10H2,1-3H3,(H,19,23). The maximum absolute atomic E-state index is 12.6. The summed E-state index contributed by atoms with van der Waals surface area (Å²) in [5, 5.41) is 2.99. The SMILES string of the molecule is CCN1CCCC1CNC(=O)c1cc(Br)cnc1N(C)C(C)=O. The molecule has 126 valence electrons. The van der Waals surface area contributed by atoms with E-state index in [0.29, 0.717) is 28.4 Å². The van der Waals surface area contributed by atoms with Crippen molar-refractivity contribution in [2.75, 3.05) is 31.6 Å². The Labute approximate surface area is 145 Å². The molecular weight excluding hydrogens is 360 g/mol. The minimum atomic E-state index is -0.204. The number of aromatic nitrogens is 1. The molecule has 1 aromatic rings. The molecule has 1 unspecified atom stereocenters. The number of hydrogen-bond donors (Lipinski definition) is 1. The molecular formula is C16H23BrN4O2. The highest BCUT2D eigenvalue weighted by molar-refractivity contribution is 9.10. The number of anilines is 1. The van der Waals surface area contributed by atoms with E-state index in [1.54, 1.807) is 19.3 Å². The fourth-order valence-electron chi connectivity index (χ4n) is 2.86. The summed E-state index contributed by atoms with van der Waals surface area (Å²) in [5.41, 5.74) is 0.401. The van der Waals surface area contributed by atoms with Gasteiger partial charge in [-0.05, 0) is 47.9 Å². The number of likely N-dealkylation sites (tertiary alicyclic amines) is 1. The minimum absolute atomic E-state index is 0.165. The smallest absolute Gasteiger partial charge is 0.255 e. The van der Waals surface area contributed by atoms with Crippen molar-refractivity contribution in [3.05, 3.63) is 22.3 Å². The number of likely N-dealkylation sites (N-methyl/N-ethyl adjacent to an activating group) is 1. The number of carbonyl (C=O) groups excluding carboxylic acids is 2. The van der Waals surface area contributed by atoms with Gasteiger partial charge in [0.05, 0.1) is 5.56 Å². The van der Waals surface area contributed by atoms with Gasteiger partial charge < -0.3 is 5.32 Å². The molecule has 7 heteroatoms. The highest BCUT2D eigenvalue weighted by atomic mass is 79.9. The molecule has 2 heterocycles. The van der Waals surface area contributed by atoms with Gasteiger partial charge in [-0.1, -0.05) is 6.92 Å². The fourth-order valence-corrected chi connectivity index (χ4v) is 3.20. The third kappa shape index (κ3) is 4.29. The molecule has 6 nitrogen and oxygen atoms in total. The minimum Gasteiger partial charge on any atom is -0.350 e. The van der Waals surface area contributed by atoms with Gasteiger partial charge in [0.15, 0.2) is 0 Å². The van der Waals surface area contributed by atoms with Gasteiger partial charge in [0.25, 0.3) is 5.91 Å². The highest BCUT2D eigenvalue weighted by Crippen LogP contribution is 2.21. The van der Waals surface area contributed by atoms with E-state index in [9.17, 15) is 9.59 Å². The van der Waals surface area contributed by atoms with E-state index in [1.165, 1.54) is 18.2 Å². The number of rotatable bonds is 5. The first-order valence-corrected chi connectivity index (χ1v) is 8.65. The van der Waals surface area contributed by atoms with Crippen LogP contribution in [0.2, 0.25) is 0 Å². The number of hydrogen-bond acceptors (Lipinski definition) is 4. The van der Waals surface area contributed by atoms with Crippen molar-refractivity contribution in [3.8, 4) is 0 Å². The lowest BCUT2D eigenvalue weighted by Gasteiger charge is -2.23. The molecule has 2 rings (SSSR count). The number of amides is 2. The molecule has 0 aliphatic carbocycles. The highest BCUT2D eigenvalue weighted by Gasteiger charge is 2.24. The van der Waals surface area contributed by atoms with Crippen LogP contribution in [-0.2, 0) is 4.79 Å². The molecule has 0 radical (unpaired) electrons. The molecule has 2 amide bonds. The van der Waals surface area contributed by atoms with Gasteiger partial charge in [-0.3, -0.25) is 19.4 Å². The molecule has 1 N–H and O–H groups in total. The number of carbonyl (C=O) groups is 2. The third-order valence-corrected chi connectivity index (χ3v) is 4.71. The summed E-state index contributed by atoms with van der Waals surface area (Å²) >= 11 is 3.33. The van der Waals surface area contributed by atoms with E-state index in [2.05, 4.69) is 38.1 Å². The zero-order valence-corrected chi connectivity index (χ0v) is 15.4. The van der Waals surface area contributed by atoms with Crippen LogP contribution in [0.5, 0.6) is 0 Å². The lowest BCUT2D eigenvalue weighted by atomic mass is 10.2. The molecule has 0 spiro atoms. The first-order chi connectivity index (χ1) is 10.9. The maximum Gasteiger partial charge on any atom is 0.255 e. The number of nitrogens with zero attached hydrogens (tertiary/aromatic N) is 3. The van der Waals surface area contributed by atoms with Crippen LogP contribution in [0, 0.1) is 0 Å². The number of pyridine rings is 1. The van der Waals surface area contributed by atoms with Gasteiger partial charge in [-0.15, -0.1) is 0 Å². The molecule has 0 aromatic carbocycles. The van der Waals surface area contributed by atoms with Crippen LogP contribution in [0.1, 0.15) is 37.0 Å². The lowest BCUT2D eigenvalue weighted by molar-refractivity contribution is -0.116. The normalized spacial score (nSPS) is 18.0. The van der Waals surface area contributed by atoms with Crippen LogP contribution in [0.3, 0.4) is 0 Å². The summed E-state index contributed by atoms with van der Waals surface area (Å²) < 4.78 is 0.708. The molecule has 0 bridgehead atoms. The Morgan fingerprint density at radius 1 is 1.52 bits per heavy atom. The first kappa shape index (κ1) is 17.9. The quantitative estimate of drug-likeness (QED) is 0.845. The molecule has 1 fully saturated rings. The van der Waals surface area contributed by atoms with Crippen molar-refractivity contribution in [3.63, 3.8) is 0 Å². The van der Waals surface area contributed by atoms with Crippen molar-refractivity contribution in [1.29, 1.82) is 0 Å². The summed E-state index contributed by atoms with van der Waals surface area (Å²) in [6.45, 7) is 6.29. The average Bonchev–Trinajstić information content (AvgIpc) is 2.99. The van der Waals surface area contributed by atoms with Crippen molar-refractivity contribution in [2.24, 2.45) is 0 Å². The summed E-state index contributed by atoms with van der Waals surface area (Å²) in [5.74, 6) is 0.00338. The average molecular weight is 383 g/mol. The number of halogens is 1. The molecule has 1 atom stereocenters. The van der Waals surface area contributed by atoms with E-state index in [1.807, 2.05) is 0 Å². The Bertz CT molecular complexity index is 593. The van der Waals surface area contributed by atoms with Gasteiger partial charge >= 0.3 is 0 Å². The van der Waals surface area contributed by atoms with Gasteiger partial charge in [-0.2, -0.15) is 0 Å². The Kier molecular flexibility index (Phi) is 6.12. The van der Waals surface area contributed by atoms with Crippen LogP contribution in [0.25, 0.3) is 0 Å². The Morgan fingerprint density at radius 2 is 2.26 bits per heavy atom. The first-order valence-electron chi connectivity index (χ1n) is 7.86. The van der Waals surface area contributed by atoms with E-state index in [0.717, 1.165) is 19.5 Å². The van der Waals surface area contributed by atoms with E-state index < -0.39 is 0 Å². The molecule has 1 aromatic heterocycles. The maximum atomic E-state index is 12.6. The monoisotopic (exact) mass is 382 g/mol. The van der Waals surface area contributed by atoms with Crippen molar-refractivity contribution in [1.82, 2.24) is 15.2 Å². The molecule has 23 heavy (non-hydrogen) atoms. The largest absolute Gasteiger partial charge is 0.350 e. The second kappa shape index (κ2) is 7.88. The number of nitrogens with one attached hydrogen (secondary N) is 1. The molecule has 0 saturated carbocycles. The van der Waals surface area contributed by atoms with Crippen molar-refractivity contribution in [2.45, 2.75) is 32.7 Å². The van der Waals surface area contributed by atoms with E-state index in [4.69, 9.17) is 0 Å². The van der Waals surface area contributed by atoms with E-state index in [-0.39, 0.29) is 11.8 Å². The van der Waals surface area contributed by atoms with Crippen molar-refractivity contribution < 1.29 is 9.59 Å². The Balaban J connectivity index is 2.12. The topological polar surface area (TPSA) is 65.5 Å². The zero-order valence-electron chi connectivity index (χ0n) is 13.8. The van der Waals surface area contributed by atoms with Crippen molar-refractivity contribution >= 4 is 33.6 Å². The summed E-state index contributed by atoms with van der Waals surface area (Å²) in [6.07, 6.45) is 3.86. The lowest BCUT2D eigenvalue weighted by Crippen LogP contribution is -2.40. The van der Waals surface area contributed by atoms with Crippen LogP contribution >= 0.6 is 15.9 Å². The van der Waals surface area contributed by atoms with Gasteiger partial charge in [0.1, 0.15) is 5.82 Å². The predicted molar refractivity (Wildman–Crippen MR) is 93.6 cm³/mol. The summed E-state index contributed by atoms with van der Waals surface area (Å²) in [7, 11) is 1.62. The van der Waals surface area contributed by atoms with Crippen LogP contribution in [-0.4, -0.2) is 54.4 Å². The predicted octanol–water partition coefficient (Wildman–Crippen LogP) is 2.04. The van der Waals surface area contributed by atoms with Gasteiger partial charge in [-0.25, -0.2) is 4.98 Å². The fraction of sp³-hybridized carbons (Fsp3) is 0.562. The van der Waals surface area contributed by atoms with Crippen LogP contribution in [0.15, 0.2) is 16.7 Å². The van der Waals surface area contributed by atoms with Crippen LogP contribution in [0.4, 0.5) is 5.82 Å². The molecule has 1 aliphatic rings. The third-order valence-electron chi connectivity index (χ3n) is 4.27. The van der Waals surface area contributed by atoms with Gasteiger partial charge in [0.2, 0.25) is 5.91 Å². The summed E-state index contributed by atoms with van der Waals surface area (Å²) in [6, 6.07) is 2.08. The molecule has 1 aliphatic heterocycles. The Morgan fingerprint density at radius 3 is 2.91 bits per heavy atom. The van der Waals surface area contributed by atoms with Gasteiger partial charge in [0, 0.05) is 37.2 Å². The van der Waals surface area contributed by atoms with Crippen LogP contribution < -0.4 is 10.2 Å². The summed E-state index contributed by atoms with van der Waals surface area (Å²) in [4.78, 5) is 32.1. The van der Waals surface area contributed by atoms with E-state index >= 15 is 0 Å².